The van der Waals surface area contributed by atoms with Crippen LogP contribution in [0, 0.1) is 12.7 Å². The van der Waals surface area contributed by atoms with E-state index in [1.807, 2.05) is 0 Å². The van der Waals surface area contributed by atoms with Crippen LogP contribution in [0.3, 0.4) is 0 Å². The van der Waals surface area contributed by atoms with Crippen LogP contribution in [-0.2, 0) is 0 Å². The highest BCUT2D eigenvalue weighted by molar-refractivity contribution is 7.13. The van der Waals surface area contributed by atoms with Gasteiger partial charge in [0.05, 0.1) is 5.56 Å². The predicted molar refractivity (Wildman–Crippen MR) is 65.6 cm³/mol. The molecular formula is C11H10FN3OS. The Labute approximate surface area is 101 Å². The first-order valence-corrected chi connectivity index (χ1v) is 5.72. The number of carbonyl (C=O) groups excluding carboxylic acids is 1. The molecule has 0 unspecified atom stereocenters. The van der Waals surface area contributed by atoms with Gasteiger partial charge in [0, 0.05) is 17.3 Å². The number of aromatic nitrogens is 1. The van der Waals surface area contributed by atoms with E-state index in [0.717, 1.165) is 0 Å². The molecule has 1 aromatic heterocycles. The standard InChI is InChI=1S/C11H10FN3OS/c1-6-4-7(13)5-8(9(6)12)10(16)15-11-14-2-3-17-11/h2-5H,13H2,1H3,(H,14,15,16). The number of carbonyl (C=O) groups is 1. The van der Waals surface area contributed by atoms with Crippen molar-refractivity contribution < 1.29 is 9.18 Å². The van der Waals surface area contributed by atoms with E-state index in [1.54, 1.807) is 18.5 Å². The number of nitrogen functional groups attached to an aromatic ring is 1. The summed E-state index contributed by atoms with van der Waals surface area (Å²) in [7, 11) is 0. The quantitative estimate of drug-likeness (QED) is 0.805. The van der Waals surface area contributed by atoms with Gasteiger partial charge in [0.15, 0.2) is 5.13 Å². The summed E-state index contributed by atoms with van der Waals surface area (Å²) in [6.07, 6.45) is 1.56. The molecule has 0 saturated carbocycles. The molecule has 1 amide bonds. The van der Waals surface area contributed by atoms with E-state index in [-0.39, 0.29) is 5.56 Å². The molecule has 0 spiro atoms. The van der Waals surface area contributed by atoms with Crippen LogP contribution in [0.5, 0.6) is 0 Å². The van der Waals surface area contributed by atoms with Gasteiger partial charge < -0.3 is 5.73 Å². The van der Waals surface area contributed by atoms with Gasteiger partial charge in [-0.25, -0.2) is 9.37 Å². The molecule has 17 heavy (non-hydrogen) atoms. The van der Waals surface area contributed by atoms with Crippen LogP contribution in [0.25, 0.3) is 0 Å². The number of thiazole rings is 1. The number of rotatable bonds is 2. The molecule has 3 N–H and O–H groups in total. The fourth-order valence-electron chi connectivity index (χ4n) is 1.41. The lowest BCUT2D eigenvalue weighted by molar-refractivity contribution is 0.102. The highest BCUT2D eigenvalue weighted by Gasteiger charge is 2.15. The van der Waals surface area contributed by atoms with Gasteiger partial charge in [-0.3, -0.25) is 10.1 Å². The number of halogens is 1. The number of nitrogens with one attached hydrogen (secondary N) is 1. The van der Waals surface area contributed by atoms with Crippen molar-refractivity contribution in [1.82, 2.24) is 4.98 Å². The fourth-order valence-corrected chi connectivity index (χ4v) is 1.94. The third-order valence-corrected chi connectivity index (χ3v) is 2.86. The summed E-state index contributed by atoms with van der Waals surface area (Å²) >= 11 is 1.26. The molecule has 1 aromatic carbocycles. The van der Waals surface area contributed by atoms with Gasteiger partial charge in [-0.05, 0) is 24.6 Å². The minimum atomic E-state index is -0.562. The Balaban J connectivity index is 2.31. The van der Waals surface area contributed by atoms with Crippen molar-refractivity contribution in [2.75, 3.05) is 11.1 Å². The topological polar surface area (TPSA) is 68.0 Å². The number of aryl methyl sites for hydroxylation is 1. The lowest BCUT2D eigenvalue weighted by Gasteiger charge is -2.06. The molecule has 2 rings (SSSR count). The summed E-state index contributed by atoms with van der Waals surface area (Å²) < 4.78 is 13.7. The molecule has 0 radical (unpaired) electrons. The SMILES string of the molecule is Cc1cc(N)cc(C(=O)Nc2nccs2)c1F. The van der Waals surface area contributed by atoms with Crippen molar-refractivity contribution in [3.8, 4) is 0 Å². The zero-order chi connectivity index (χ0) is 12.4. The number of amides is 1. The molecule has 0 aliphatic rings. The van der Waals surface area contributed by atoms with Crippen molar-refractivity contribution in [2.45, 2.75) is 6.92 Å². The van der Waals surface area contributed by atoms with E-state index in [0.29, 0.717) is 16.4 Å². The van der Waals surface area contributed by atoms with E-state index in [1.165, 1.54) is 23.5 Å². The molecule has 1 heterocycles. The largest absolute Gasteiger partial charge is 0.399 e. The van der Waals surface area contributed by atoms with Crippen LogP contribution in [0.2, 0.25) is 0 Å². The number of hydrogen-bond acceptors (Lipinski definition) is 4. The van der Waals surface area contributed by atoms with Crippen molar-refractivity contribution in [3.63, 3.8) is 0 Å². The minimum absolute atomic E-state index is 0.0716. The second-order valence-corrected chi connectivity index (χ2v) is 4.39. The summed E-state index contributed by atoms with van der Waals surface area (Å²) in [6.45, 7) is 1.56. The number of nitrogens with two attached hydrogens (primary N) is 1. The number of anilines is 2. The van der Waals surface area contributed by atoms with E-state index < -0.39 is 11.7 Å². The normalized spacial score (nSPS) is 10.2. The van der Waals surface area contributed by atoms with E-state index in [9.17, 15) is 9.18 Å². The monoisotopic (exact) mass is 251 g/mol. The van der Waals surface area contributed by atoms with Gasteiger partial charge in [0.1, 0.15) is 5.82 Å². The molecule has 4 nitrogen and oxygen atoms in total. The maximum absolute atomic E-state index is 13.7. The lowest BCUT2D eigenvalue weighted by Crippen LogP contribution is -2.14. The van der Waals surface area contributed by atoms with Gasteiger partial charge >= 0.3 is 0 Å². The highest BCUT2D eigenvalue weighted by Crippen LogP contribution is 2.19. The lowest BCUT2D eigenvalue weighted by atomic mass is 10.1. The second-order valence-electron chi connectivity index (χ2n) is 3.49. The summed E-state index contributed by atoms with van der Waals surface area (Å²) in [5, 5.41) is 4.65. The van der Waals surface area contributed by atoms with E-state index in [2.05, 4.69) is 10.3 Å². The average Bonchev–Trinajstić information content (AvgIpc) is 2.76. The van der Waals surface area contributed by atoms with Gasteiger partial charge in [0.25, 0.3) is 5.91 Å². The van der Waals surface area contributed by atoms with E-state index >= 15 is 0 Å². The first kappa shape index (κ1) is 11.5. The Morgan fingerprint density at radius 2 is 2.29 bits per heavy atom. The smallest absolute Gasteiger partial charge is 0.260 e. The zero-order valence-electron chi connectivity index (χ0n) is 9.03. The number of nitrogens with zero attached hydrogens (tertiary/aromatic N) is 1. The molecule has 0 saturated heterocycles. The molecule has 0 aliphatic carbocycles. The van der Waals surface area contributed by atoms with Crippen LogP contribution in [-0.4, -0.2) is 10.9 Å². The summed E-state index contributed by atoms with van der Waals surface area (Å²) in [5.41, 5.74) is 6.20. The van der Waals surface area contributed by atoms with Crippen LogP contribution >= 0.6 is 11.3 Å². The number of hydrogen-bond donors (Lipinski definition) is 2. The van der Waals surface area contributed by atoms with Gasteiger partial charge in [-0.1, -0.05) is 0 Å². The molecule has 0 atom stereocenters. The van der Waals surface area contributed by atoms with Crippen LogP contribution in [0.4, 0.5) is 15.2 Å². The van der Waals surface area contributed by atoms with Crippen molar-refractivity contribution in [1.29, 1.82) is 0 Å². The Morgan fingerprint density at radius 1 is 1.53 bits per heavy atom. The average molecular weight is 251 g/mol. The van der Waals surface area contributed by atoms with Crippen LogP contribution in [0.1, 0.15) is 15.9 Å². The Morgan fingerprint density at radius 3 is 2.94 bits per heavy atom. The fraction of sp³-hybridized carbons (Fsp3) is 0.0909. The maximum Gasteiger partial charge on any atom is 0.260 e. The summed E-state index contributed by atoms with van der Waals surface area (Å²) in [6, 6.07) is 2.79. The summed E-state index contributed by atoms with van der Waals surface area (Å²) in [4.78, 5) is 15.7. The second kappa shape index (κ2) is 4.50. The number of benzene rings is 1. The molecule has 0 bridgehead atoms. The molecule has 6 heteroatoms. The van der Waals surface area contributed by atoms with Crippen molar-refractivity contribution in [2.24, 2.45) is 0 Å². The van der Waals surface area contributed by atoms with Gasteiger partial charge in [-0.2, -0.15) is 0 Å². The van der Waals surface area contributed by atoms with Gasteiger partial charge in [0.2, 0.25) is 0 Å². The Kier molecular flexibility index (Phi) is 3.06. The van der Waals surface area contributed by atoms with Crippen molar-refractivity contribution in [3.05, 3.63) is 40.7 Å². The Bertz CT molecular complexity index is 554. The van der Waals surface area contributed by atoms with Crippen LogP contribution in [0.15, 0.2) is 23.7 Å². The maximum atomic E-state index is 13.7. The molecule has 0 aliphatic heterocycles. The van der Waals surface area contributed by atoms with E-state index in [4.69, 9.17) is 5.73 Å². The third kappa shape index (κ3) is 2.42. The van der Waals surface area contributed by atoms with Crippen LogP contribution < -0.4 is 11.1 Å². The highest BCUT2D eigenvalue weighted by atomic mass is 32.1. The van der Waals surface area contributed by atoms with Gasteiger partial charge in [-0.15, -0.1) is 11.3 Å². The van der Waals surface area contributed by atoms with Crippen molar-refractivity contribution >= 4 is 28.1 Å². The summed E-state index contributed by atoms with van der Waals surface area (Å²) in [5.74, 6) is -1.11. The molecule has 2 aromatic rings. The molecular weight excluding hydrogens is 241 g/mol. The minimum Gasteiger partial charge on any atom is -0.399 e. The molecule has 88 valence electrons. The predicted octanol–water partition coefficient (Wildman–Crippen LogP) is 2.43. The molecule has 0 fully saturated rings. The Hall–Kier alpha value is -1.95. The zero-order valence-corrected chi connectivity index (χ0v) is 9.84. The first-order chi connectivity index (χ1) is 8.08. The third-order valence-electron chi connectivity index (χ3n) is 2.17. The first-order valence-electron chi connectivity index (χ1n) is 4.84.